The van der Waals surface area contributed by atoms with Crippen LogP contribution in [0.2, 0.25) is 0 Å². The highest BCUT2D eigenvalue weighted by atomic mass is 15.5. The fourth-order valence-electron chi connectivity index (χ4n) is 5.31. The van der Waals surface area contributed by atoms with E-state index in [-0.39, 0.29) is 0 Å². The highest BCUT2D eigenvalue weighted by Gasteiger charge is 2.22. The van der Waals surface area contributed by atoms with E-state index < -0.39 is 0 Å². The van der Waals surface area contributed by atoms with E-state index >= 15 is 0 Å². The lowest BCUT2D eigenvalue weighted by Gasteiger charge is -2.34. The molecule has 0 N–H and O–H groups in total. The Morgan fingerprint density at radius 1 is 0.914 bits per heavy atom. The van der Waals surface area contributed by atoms with Gasteiger partial charge in [0.15, 0.2) is 5.82 Å². The average Bonchev–Trinajstić information content (AvgIpc) is 3.53. The van der Waals surface area contributed by atoms with Crippen LogP contribution in [0.1, 0.15) is 30.4 Å². The molecule has 3 heterocycles. The lowest BCUT2D eigenvalue weighted by Crippen LogP contribution is -2.45. The van der Waals surface area contributed by atoms with E-state index in [9.17, 15) is 0 Å². The lowest BCUT2D eigenvalue weighted by molar-refractivity contribution is 0.137. The maximum absolute atomic E-state index is 4.43. The Kier molecular flexibility index (Phi) is 7.98. The minimum atomic E-state index is 0.640. The first kappa shape index (κ1) is 23.9. The third-order valence-corrected chi connectivity index (χ3v) is 7.47. The second-order valence-electron chi connectivity index (χ2n) is 9.84. The summed E-state index contributed by atoms with van der Waals surface area (Å²) in [6, 6.07) is 19.8. The van der Waals surface area contributed by atoms with Crippen molar-refractivity contribution >= 4 is 6.08 Å². The Morgan fingerprint density at radius 3 is 2.49 bits per heavy atom. The van der Waals surface area contributed by atoms with Crippen LogP contribution in [0, 0.1) is 0 Å². The quantitative estimate of drug-likeness (QED) is 0.475. The van der Waals surface area contributed by atoms with E-state index in [0.29, 0.717) is 6.04 Å². The largest absolute Gasteiger partial charge is 0.303 e. The summed E-state index contributed by atoms with van der Waals surface area (Å²) >= 11 is 0. The van der Waals surface area contributed by atoms with E-state index in [1.165, 1.54) is 30.5 Å². The number of likely N-dealkylation sites (tertiary alicyclic amines) is 1. The third kappa shape index (κ3) is 6.23. The minimum absolute atomic E-state index is 0.640. The van der Waals surface area contributed by atoms with Gasteiger partial charge in [-0.25, -0.2) is 4.68 Å². The number of nitrogens with zero attached hydrogens (tertiary/aromatic N) is 7. The summed E-state index contributed by atoms with van der Waals surface area (Å²) in [6.45, 7) is 8.33. The predicted molar refractivity (Wildman–Crippen MR) is 141 cm³/mol. The van der Waals surface area contributed by atoms with Crippen molar-refractivity contribution in [2.24, 2.45) is 0 Å². The van der Waals surface area contributed by atoms with Crippen LogP contribution in [0.4, 0.5) is 0 Å². The fourth-order valence-corrected chi connectivity index (χ4v) is 5.31. The molecule has 0 spiro atoms. The van der Waals surface area contributed by atoms with E-state index in [1.54, 1.807) is 0 Å². The SMILES string of the molecule is CN1CCCC1CCn1nnnc1-c1ccccc1CN1CCN(CC=Cc2ccccc2)CC1. The van der Waals surface area contributed by atoms with Gasteiger partial charge in [0.05, 0.1) is 0 Å². The van der Waals surface area contributed by atoms with Crippen molar-refractivity contribution < 1.29 is 0 Å². The smallest absolute Gasteiger partial charge is 0.182 e. The molecule has 3 aromatic rings. The first-order valence-corrected chi connectivity index (χ1v) is 13.0. The maximum atomic E-state index is 4.43. The molecular weight excluding hydrogens is 434 g/mol. The Balaban J connectivity index is 1.16. The standard InChI is InChI=1S/C28H37N7/c1-32-16-8-13-26(32)15-18-35-28(29-30-31-35)27-14-6-5-12-25(27)23-34-21-19-33(20-22-34)17-7-11-24-9-3-2-4-10-24/h2-7,9-12,14,26H,8,13,15-23H2,1H3. The monoisotopic (exact) mass is 471 g/mol. The summed E-state index contributed by atoms with van der Waals surface area (Å²) in [6.07, 6.45) is 8.17. The zero-order valence-electron chi connectivity index (χ0n) is 20.8. The van der Waals surface area contributed by atoms with Crippen molar-refractivity contribution in [3.05, 3.63) is 71.8 Å². The van der Waals surface area contributed by atoms with Gasteiger partial charge in [-0.3, -0.25) is 9.80 Å². The predicted octanol–water partition coefficient (Wildman–Crippen LogP) is 3.66. The lowest BCUT2D eigenvalue weighted by atomic mass is 10.1. The summed E-state index contributed by atoms with van der Waals surface area (Å²) in [5.41, 5.74) is 3.73. The molecule has 2 aliphatic rings. The number of hydrogen-bond donors (Lipinski definition) is 0. The van der Waals surface area contributed by atoms with Crippen molar-refractivity contribution in [3.8, 4) is 11.4 Å². The minimum Gasteiger partial charge on any atom is -0.303 e. The van der Waals surface area contributed by atoms with Crippen LogP contribution in [0.25, 0.3) is 17.5 Å². The molecule has 0 radical (unpaired) electrons. The molecule has 1 atom stereocenters. The molecule has 184 valence electrons. The third-order valence-electron chi connectivity index (χ3n) is 7.47. The Bertz CT molecular complexity index is 1090. The molecule has 1 unspecified atom stereocenters. The highest BCUT2D eigenvalue weighted by Crippen LogP contribution is 2.24. The van der Waals surface area contributed by atoms with Gasteiger partial charge < -0.3 is 4.90 Å². The molecule has 2 aliphatic heterocycles. The van der Waals surface area contributed by atoms with Crippen LogP contribution in [-0.2, 0) is 13.1 Å². The number of piperazine rings is 1. The molecule has 35 heavy (non-hydrogen) atoms. The van der Waals surface area contributed by atoms with E-state index in [0.717, 1.165) is 63.6 Å². The number of aryl methyl sites for hydroxylation is 1. The van der Waals surface area contributed by atoms with Gasteiger partial charge in [-0.05, 0) is 54.4 Å². The van der Waals surface area contributed by atoms with Crippen molar-refractivity contribution in [2.75, 3.05) is 46.3 Å². The van der Waals surface area contributed by atoms with Crippen molar-refractivity contribution in [2.45, 2.75) is 38.4 Å². The molecule has 2 aromatic carbocycles. The number of tetrazole rings is 1. The molecule has 1 aromatic heterocycles. The normalized spacial score (nSPS) is 20.2. The second kappa shape index (κ2) is 11.7. The van der Waals surface area contributed by atoms with Gasteiger partial charge in [0.2, 0.25) is 0 Å². The second-order valence-corrected chi connectivity index (χ2v) is 9.84. The Hall–Kier alpha value is -2.87. The van der Waals surface area contributed by atoms with Crippen LogP contribution in [0.15, 0.2) is 60.7 Å². The van der Waals surface area contributed by atoms with Gasteiger partial charge in [0.25, 0.3) is 0 Å². The first-order valence-electron chi connectivity index (χ1n) is 13.0. The molecule has 0 aliphatic carbocycles. The molecule has 7 nitrogen and oxygen atoms in total. The summed E-state index contributed by atoms with van der Waals surface area (Å²) in [5.74, 6) is 0.894. The number of hydrogen-bond acceptors (Lipinski definition) is 6. The van der Waals surface area contributed by atoms with Gasteiger partial charge in [-0.2, -0.15) is 0 Å². The van der Waals surface area contributed by atoms with Gasteiger partial charge in [-0.1, -0.05) is 66.7 Å². The molecule has 0 saturated carbocycles. The molecule has 5 rings (SSSR count). The Morgan fingerprint density at radius 2 is 1.69 bits per heavy atom. The Labute approximate surface area is 209 Å². The van der Waals surface area contributed by atoms with Crippen LogP contribution in [-0.4, -0.2) is 87.3 Å². The summed E-state index contributed by atoms with van der Waals surface area (Å²) in [7, 11) is 2.23. The molecule has 0 amide bonds. The molecule has 0 bridgehead atoms. The van der Waals surface area contributed by atoms with Crippen LogP contribution >= 0.6 is 0 Å². The molecule has 2 fully saturated rings. The van der Waals surface area contributed by atoms with E-state index in [1.807, 2.05) is 4.68 Å². The van der Waals surface area contributed by atoms with Crippen molar-refractivity contribution in [1.29, 1.82) is 0 Å². The fraction of sp³-hybridized carbons (Fsp3) is 0.464. The van der Waals surface area contributed by atoms with Crippen molar-refractivity contribution in [3.63, 3.8) is 0 Å². The van der Waals surface area contributed by atoms with Crippen molar-refractivity contribution in [1.82, 2.24) is 34.9 Å². The van der Waals surface area contributed by atoms with E-state index in [2.05, 4.69) is 104 Å². The van der Waals surface area contributed by atoms with Crippen LogP contribution in [0.5, 0.6) is 0 Å². The first-order chi connectivity index (χ1) is 17.3. The van der Waals surface area contributed by atoms with Crippen LogP contribution < -0.4 is 0 Å². The molecular formula is C28H37N7. The van der Waals surface area contributed by atoms with Crippen LogP contribution in [0.3, 0.4) is 0 Å². The summed E-state index contributed by atoms with van der Waals surface area (Å²) in [5, 5.41) is 12.8. The molecule has 7 heteroatoms. The van der Waals surface area contributed by atoms with Gasteiger partial charge in [0.1, 0.15) is 0 Å². The summed E-state index contributed by atoms with van der Waals surface area (Å²) < 4.78 is 2.00. The number of benzene rings is 2. The zero-order chi connectivity index (χ0) is 23.9. The number of rotatable bonds is 9. The summed E-state index contributed by atoms with van der Waals surface area (Å²) in [4.78, 5) is 7.55. The average molecular weight is 472 g/mol. The van der Waals surface area contributed by atoms with Gasteiger partial charge in [-0.15, -0.1) is 5.10 Å². The number of aromatic nitrogens is 4. The van der Waals surface area contributed by atoms with Gasteiger partial charge in [0, 0.05) is 57.4 Å². The highest BCUT2D eigenvalue weighted by molar-refractivity contribution is 5.59. The van der Waals surface area contributed by atoms with E-state index in [4.69, 9.17) is 0 Å². The zero-order valence-corrected chi connectivity index (χ0v) is 20.8. The van der Waals surface area contributed by atoms with Gasteiger partial charge >= 0.3 is 0 Å². The topological polar surface area (TPSA) is 53.3 Å². The maximum Gasteiger partial charge on any atom is 0.182 e. The molecule has 2 saturated heterocycles.